The molecule has 0 aliphatic carbocycles. The zero-order chi connectivity index (χ0) is 16.7. The molecule has 1 aromatic carbocycles. The highest BCUT2D eigenvalue weighted by atomic mass is 32.1. The van der Waals surface area contributed by atoms with E-state index >= 15 is 0 Å². The number of aryl methyl sites for hydroxylation is 2. The third-order valence-electron chi connectivity index (χ3n) is 3.62. The summed E-state index contributed by atoms with van der Waals surface area (Å²) < 4.78 is 0. The predicted octanol–water partition coefficient (Wildman–Crippen LogP) is 3.40. The lowest BCUT2D eigenvalue weighted by atomic mass is 10.1. The van der Waals surface area contributed by atoms with Crippen molar-refractivity contribution in [1.29, 1.82) is 0 Å². The van der Waals surface area contributed by atoms with Gasteiger partial charge < -0.3 is 10.2 Å². The quantitative estimate of drug-likeness (QED) is 0.652. The van der Waals surface area contributed by atoms with Crippen molar-refractivity contribution < 1.29 is 0 Å². The second-order valence-corrected chi connectivity index (χ2v) is 6.95. The van der Waals surface area contributed by atoms with Gasteiger partial charge in [0.2, 0.25) is 0 Å². The van der Waals surface area contributed by atoms with Crippen molar-refractivity contribution in [3.63, 3.8) is 0 Å². The number of nitrogens with one attached hydrogen (secondary N) is 1. The van der Waals surface area contributed by atoms with Crippen LogP contribution in [0.1, 0.15) is 27.9 Å². The zero-order valence-corrected chi connectivity index (χ0v) is 15.3. The summed E-state index contributed by atoms with van der Waals surface area (Å²) in [5, 5.41) is 4.53. The molecule has 0 unspecified atom stereocenters. The first-order valence-electron chi connectivity index (χ1n) is 8.05. The van der Waals surface area contributed by atoms with Crippen LogP contribution in [0.5, 0.6) is 0 Å². The summed E-state index contributed by atoms with van der Waals surface area (Å²) in [6.45, 7) is 8.82. The molecule has 0 amide bonds. The van der Waals surface area contributed by atoms with Crippen molar-refractivity contribution in [2.75, 3.05) is 20.1 Å². The van der Waals surface area contributed by atoms with Crippen LogP contribution in [0.15, 0.2) is 35.5 Å². The Hall–Kier alpha value is -1.88. The van der Waals surface area contributed by atoms with Gasteiger partial charge in [0, 0.05) is 44.2 Å². The van der Waals surface area contributed by atoms with Gasteiger partial charge in [-0.1, -0.05) is 24.3 Å². The summed E-state index contributed by atoms with van der Waals surface area (Å²) in [5.74, 6) is 0.948. The maximum absolute atomic E-state index is 4.74. The van der Waals surface area contributed by atoms with Gasteiger partial charge in [0.05, 0.1) is 5.01 Å². The Morgan fingerprint density at radius 2 is 2.09 bits per heavy atom. The number of rotatable bonds is 6. The Labute approximate surface area is 143 Å². The standard InChI is InChI=1S/C18H26N4S/c1-5-19-18(20-11-10-17-21-12-15(3)23-17)22(4)13-16-9-7-6-8-14(16)2/h6-9,12H,5,10-11,13H2,1-4H3,(H,19,20). The summed E-state index contributed by atoms with van der Waals surface area (Å²) in [6.07, 6.45) is 2.82. The predicted molar refractivity (Wildman–Crippen MR) is 99.2 cm³/mol. The average molecular weight is 331 g/mol. The van der Waals surface area contributed by atoms with Crippen molar-refractivity contribution in [3.05, 3.63) is 51.5 Å². The summed E-state index contributed by atoms with van der Waals surface area (Å²) in [7, 11) is 2.08. The smallest absolute Gasteiger partial charge is 0.193 e. The molecule has 0 spiro atoms. The van der Waals surface area contributed by atoms with Crippen LogP contribution in [0.2, 0.25) is 0 Å². The van der Waals surface area contributed by atoms with Crippen molar-refractivity contribution in [2.45, 2.75) is 33.7 Å². The van der Waals surface area contributed by atoms with Crippen molar-refractivity contribution in [2.24, 2.45) is 4.99 Å². The first-order chi connectivity index (χ1) is 11.1. The zero-order valence-electron chi connectivity index (χ0n) is 14.5. The van der Waals surface area contributed by atoms with Crippen LogP contribution >= 0.6 is 11.3 Å². The largest absolute Gasteiger partial charge is 0.357 e. The fraction of sp³-hybridized carbons (Fsp3) is 0.444. The number of nitrogens with zero attached hydrogens (tertiary/aromatic N) is 3. The number of aliphatic imine (C=N–C) groups is 1. The SMILES string of the molecule is CCNC(=NCCc1ncc(C)s1)N(C)Cc1ccccc1C. The first kappa shape index (κ1) is 17.5. The number of benzene rings is 1. The van der Waals surface area contributed by atoms with E-state index < -0.39 is 0 Å². The van der Waals surface area contributed by atoms with Crippen LogP contribution in [0.4, 0.5) is 0 Å². The fourth-order valence-corrected chi connectivity index (χ4v) is 3.14. The second-order valence-electron chi connectivity index (χ2n) is 5.63. The maximum atomic E-state index is 4.74. The molecule has 5 heteroatoms. The van der Waals surface area contributed by atoms with Crippen LogP contribution < -0.4 is 5.32 Å². The Kier molecular flexibility index (Phi) is 6.59. The average Bonchev–Trinajstić information content (AvgIpc) is 2.94. The lowest BCUT2D eigenvalue weighted by Gasteiger charge is -2.23. The topological polar surface area (TPSA) is 40.5 Å². The highest BCUT2D eigenvalue weighted by molar-refractivity contribution is 7.11. The molecule has 0 bridgehead atoms. The van der Waals surface area contributed by atoms with E-state index in [4.69, 9.17) is 4.99 Å². The van der Waals surface area contributed by atoms with E-state index in [1.54, 1.807) is 11.3 Å². The molecule has 0 radical (unpaired) electrons. The van der Waals surface area contributed by atoms with Crippen LogP contribution in [0.25, 0.3) is 0 Å². The molecular weight excluding hydrogens is 304 g/mol. The van der Waals surface area contributed by atoms with Gasteiger partial charge in [0.25, 0.3) is 0 Å². The summed E-state index contributed by atoms with van der Waals surface area (Å²) in [5.41, 5.74) is 2.64. The number of aromatic nitrogens is 1. The number of guanidine groups is 1. The maximum Gasteiger partial charge on any atom is 0.193 e. The molecule has 1 heterocycles. The van der Waals surface area contributed by atoms with E-state index in [0.29, 0.717) is 0 Å². The third kappa shape index (κ3) is 5.36. The minimum atomic E-state index is 0.757. The summed E-state index contributed by atoms with van der Waals surface area (Å²) in [4.78, 5) is 12.6. The number of thiazole rings is 1. The van der Waals surface area contributed by atoms with Crippen LogP contribution in [-0.4, -0.2) is 36.0 Å². The molecular formula is C18H26N4S. The third-order valence-corrected chi connectivity index (χ3v) is 4.59. The second kappa shape index (κ2) is 8.67. The van der Waals surface area contributed by atoms with Gasteiger partial charge >= 0.3 is 0 Å². The molecule has 2 rings (SSSR count). The van der Waals surface area contributed by atoms with Gasteiger partial charge in [0.15, 0.2) is 5.96 Å². The van der Waals surface area contributed by atoms with Crippen molar-refractivity contribution in [1.82, 2.24) is 15.2 Å². The number of hydrogen-bond acceptors (Lipinski definition) is 3. The molecule has 0 saturated heterocycles. The molecule has 0 aliphatic heterocycles. The van der Waals surface area contributed by atoms with Gasteiger partial charge in [-0.3, -0.25) is 4.99 Å². The van der Waals surface area contributed by atoms with Crippen LogP contribution in [0, 0.1) is 13.8 Å². The molecule has 1 N–H and O–H groups in total. The van der Waals surface area contributed by atoms with Crippen LogP contribution in [-0.2, 0) is 13.0 Å². The molecule has 1 aromatic heterocycles. The van der Waals surface area contributed by atoms with Gasteiger partial charge in [-0.2, -0.15) is 0 Å². The lowest BCUT2D eigenvalue weighted by Crippen LogP contribution is -2.38. The highest BCUT2D eigenvalue weighted by Gasteiger charge is 2.08. The van der Waals surface area contributed by atoms with Gasteiger partial charge in [-0.05, 0) is 31.9 Å². The van der Waals surface area contributed by atoms with E-state index in [1.165, 1.54) is 16.0 Å². The lowest BCUT2D eigenvalue weighted by molar-refractivity contribution is 0.476. The van der Waals surface area contributed by atoms with Gasteiger partial charge in [0.1, 0.15) is 0 Å². The van der Waals surface area contributed by atoms with E-state index in [1.807, 2.05) is 6.20 Å². The van der Waals surface area contributed by atoms with Crippen molar-refractivity contribution >= 4 is 17.3 Å². The molecule has 4 nitrogen and oxygen atoms in total. The normalized spacial score (nSPS) is 11.6. The molecule has 0 fully saturated rings. The van der Waals surface area contributed by atoms with E-state index in [0.717, 1.165) is 37.0 Å². The highest BCUT2D eigenvalue weighted by Crippen LogP contribution is 2.12. The Bertz CT molecular complexity index is 648. The molecule has 23 heavy (non-hydrogen) atoms. The Morgan fingerprint density at radius 3 is 2.74 bits per heavy atom. The molecule has 0 atom stereocenters. The Morgan fingerprint density at radius 1 is 1.30 bits per heavy atom. The monoisotopic (exact) mass is 330 g/mol. The minimum Gasteiger partial charge on any atom is -0.357 e. The number of hydrogen-bond donors (Lipinski definition) is 1. The summed E-state index contributed by atoms with van der Waals surface area (Å²) in [6, 6.07) is 8.49. The van der Waals surface area contributed by atoms with Gasteiger partial charge in [-0.25, -0.2) is 4.98 Å². The van der Waals surface area contributed by atoms with Crippen molar-refractivity contribution in [3.8, 4) is 0 Å². The molecule has 0 saturated carbocycles. The summed E-state index contributed by atoms with van der Waals surface area (Å²) >= 11 is 1.75. The van der Waals surface area contributed by atoms with E-state index in [-0.39, 0.29) is 0 Å². The first-order valence-corrected chi connectivity index (χ1v) is 8.87. The van der Waals surface area contributed by atoms with Gasteiger partial charge in [-0.15, -0.1) is 11.3 Å². The molecule has 2 aromatic rings. The fourth-order valence-electron chi connectivity index (χ4n) is 2.36. The van der Waals surface area contributed by atoms with Crippen LogP contribution in [0.3, 0.4) is 0 Å². The van der Waals surface area contributed by atoms with E-state index in [2.05, 4.69) is 67.3 Å². The van der Waals surface area contributed by atoms with E-state index in [9.17, 15) is 0 Å². The molecule has 0 aliphatic rings. The molecule has 124 valence electrons. The Balaban J connectivity index is 1.98. The minimum absolute atomic E-state index is 0.757.